The zero-order chi connectivity index (χ0) is 19.5. The minimum atomic E-state index is -0.206. The van der Waals surface area contributed by atoms with Crippen LogP contribution in [0.1, 0.15) is 35.4 Å². The van der Waals surface area contributed by atoms with Gasteiger partial charge in [-0.05, 0) is 43.2 Å². The maximum atomic E-state index is 13.2. The Bertz CT molecular complexity index is 1130. The topological polar surface area (TPSA) is 79.0 Å². The second-order valence-corrected chi connectivity index (χ2v) is 6.87. The number of benzene rings is 2. The Morgan fingerprint density at radius 3 is 2.79 bits per heavy atom. The Morgan fingerprint density at radius 1 is 1.18 bits per heavy atom. The molecule has 0 aliphatic carbocycles. The molecule has 1 amide bonds. The summed E-state index contributed by atoms with van der Waals surface area (Å²) < 4.78 is 1.75. The third kappa shape index (κ3) is 3.27. The van der Waals surface area contributed by atoms with Gasteiger partial charge in [-0.15, -0.1) is 0 Å². The minimum Gasteiger partial charge on any atom is -0.307 e. The summed E-state index contributed by atoms with van der Waals surface area (Å²) in [5.41, 5.74) is 1.71. The fraction of sp³-hybridized carbons (Fsp3) is 0.273. The highest BCUT2D eigenvalue weighted by Crippen LogP contribution is 2.20. The van der Waals surface area contributed by atoms with Gasteiger partial charge in [0.05, 0.1) is 23.4 Å². The molecule has 1 aromatic heterocycles. The smallest absolute Gasteiger partial charge is 0.261 e. The molecule has 2 heterocycles. The van der Waals surface area contributed by atoms with Crippen molar-refractivity contribution >= 4 is 22.5 Å². The lowest BCUT2D eigenvalue weighted by Crippen LogP contribution is -2.32. The zero-order valence-corrected chi connectivity index (χ0v) is 15.5. The number of carbonyl (C=O) groups is 1. The molecular weight excluding hydrogens is 352 g/mol. The number of amides is 1. The van der Waals surface area contributed by atoms with Gasteiger partial charge in [0.2, 0.25) is 0 Å². The second-order valence-electron chi connectivity index (χ2n) is 6.87. The Hall–Kier alpha value is -3.46. The average molecular weight is 372 g/mol. The van der Waals surface area contributed by atoms with Crippen LogP contribution in [0, 0.1) is 11.3 Å². The first-order valence-corrected chi connectivity index (χ1v) is 9.46. The molecule has 2 aromatic carbocycles. The summed E-state index contributed by atoms with van der Waals surface area (Å²) >= 11 is 0. The molecule has 0 fully saturated rings. The zero-order valence-electron chi connectivity index (χ0n) is 15.5. The van der Waals surface area contributed by atoms with E-state index in [-0.39, 0.29) is 17.9 Å². The normalized spacial score (nSPS) is 13.0. The van der Waals surface area contributed by atoms with Crippen molar-refractivity contribution in [1.82, 2.24) is 9.55 Å². The Morgan fingerprint density at radius 2 is 2.00 bits per heavy atom. The van der Waals surface area contributed by atoms with Crippen LogP contribution in [0.25, 0.3) is 10.9 Å². The van der Waals surface area contributed by atoms with E-state index in [0.29, 0.717) is 29.6 Å². The lowest BCUT2D eigenvalue weighted by atomic mass is 10.1. The van der Waals surface area contributed by atoms with E-state index in [1.807, 2.05) is 30.3 Å². The summed E-state index contributed by atoms with van der Waals surface area (Å²) in [4.78, 5) is 32.2. The molecule has 6 heteroatoms. The first-order chi connectivity index (χ1) is 13.7. The van der Waals surface area contributed by atoms with Crippen LogP contribution in [0.2, 0.25) is 0 Å². The summed E-state index contributed by atoms with van der Waals surface area (Å²) in [6.07, 6.45) is 3.02. The van der Waals surface area contributed by atoms with E-state index in [1.165, 1.54) is 0 Å². The van der Waals surface area contributed by atoms with Gasteiger partial charge in [-0.3, -0.25) is 14.2 Å². The Labute approximate surface area is 162 Å². The van der Waals surface area contributed by atoms with Crippen LogP contribution in [0.5, 0.6) is 0 Å². The van der Waals surface area contributed by atoms with E-state index in [2.05, 4.69) is 11.1 Å². The summed E-state index contributed by atoms with van der Waals surface area (Å²) in [6.45, 7) is 1.01. The van der Waals surface area contributed by atoms with E-state index in [9.17, 15) is 9.59 Å². The highest BCUT2D eigenvalue weighted by Gasteiger charge is 2.20. The molecule has 140 valence electrons. The molecule has 6 nitrogen and oxygen atoms in total. The predicted octanol–water partition coefficient (Wildman–Crippen LogP) is 3.29. The predicted molar refractivity (Wildman–Crippen MR) is 107 cm³/mol. The van der Waals surface area contributed by atoms with E-state index in [1.54, 1.807) is 27.7 Å². The van der Waals surface area contributed by atoms with E-state index in [4.69, 9.17) is 5.26 Å². The fourth-order valence-electron chi connectivity index (χ4n) is 3.65. The highest BCUT2D eigenvalue weighted by molar-refractivity contribution is 6.07. The number of rotatable bonds is 4. The van der Waals surface area contributed by atoms with Crippen LogP contribution in [-0.4, -0.2) is 22.0 Å². The number of fused-ring (bicyclic) bond motifs is 2. The number of nitrogens with zero attached hydrogens (tertiary/aromatic N) is 4. The summed E-state index contributed by atoms with van der Waals surface area (Å²) in [7, 11) is 0. The van der Waals surface area contributed by atoms with Crippen LogP contribution < -0.4 is 10.5 Å². The number of nitriles is 1. The molecule has 0 radical (unpaired) electrons. The average Bonchev–Trinajstić information content (AvgIpc) is 2.74. The third-order valence-electron chi connectivity index (χ3n) is 5.07. The molecule has 3 aromatic rings. The third-order valence-corrected chi connectivity index (χ3v) is 5.07. The molecule has 1 aliphatic heterocycles. The van der Waals surface area contributed by atoms with Gasteiger partial charge in [-0.1, -0.05) is 18.2 Å². The van der Waals surface area contributed by atoms with Gasteiger partial charge < -0.3 is 4.90 Å². The van der Waals surface area contributed by atoms with Crippen LogP contribution in [0.4, 0.5) is 5.69 Å². The molecule has 0 atom stereocenters. The van der Waals surface area contributed by atoms with Crippen LogP contribution in [0.15, 0.2) is 53.3 Å². The Kier molecular flexibility index (Phi) is 4.90. The van der Waals surface area contributed by atoms with Crippen LogP contribution in [0.3, 0.4) is 0 Å². The van der Waals surface area contributed by atoms with Gasteiger partial charge in [0.1, 0.15) is 5.82 Å². The van der Waals surface area contributed by atoms with Gasteiger partial charge >= 0.3 is 0 Å². The molecule has 0 N–H and O–H groups in total. The number of anilines is 1. The van der Waals surface area contributed by atoms with E-state index < -0.39 is 0 Å². The van der Waals surface area contributed by atoms with E-state index >= 15 is 0 Å². The minimum absolute atomic E-state index is 0.0388. The SMILES string of the molecule is N#CCCN(C(=O)c1ccc2c(=O)n3c(nc2c1)CCCC3)c1ccccc1. The van der Waals surface area contributed by atoms with Crippen LogP contribution in [-0.2, 0) is 13.0 Å². The number of hydrogen-bond acceptors (Lipinski definition) is 4. The van der Waals surface area contributed by atoms with Gasteiger partial charge in [0.25, 0.3) is 11.5 Å². The number of aryl methyl sites for hydroxylation is 1. The van der Waals surface area contributed by atoms with Crippen molar-refractivity contribution in [2.75, 3.05) is 11.4 Å². The van der Waals surface area contributed by atoms with Gasteiger partial charge in [0.15, 0.2) is 0 Å². The monoisotopic (exact) mass is 372 g/mol. The van der Waals surface area contributed by atoms with E-state index in [0.717, 1.165) is 30.8 Å². The summed E-state index contributed by atoms with van der Waals surface area (Å²) in [5.74, 6) is 0.584. The standard InChI is InChI=1S/C22H20N4O2/c23-12-6-14-25(17-7-2-1-3-8-17)21(27)16-10-11-18-19(15-16)24-20-9-4-5-13-26(20)22(18)28/h1-3,7-8,10-11,15H,4-6,9,13-14H2. The van der Waals surface area contributed by atoms with Gasteiger partial charge in [-0.2, -0.15) is 5.26 Å². The van der Waals surface area contributed by atoms with Crippen molar-refractivity contribution in [1.29, 1.82) is 5.26 Å². The first-order valence-electron chi connectivity index (χ1n) is 9.46. The van der Waals surface area contributed by atoms with Crippen molar-refractivity contribution in [2.24, 2.45) is 0 Å². The molecule has 0 saturated carbocycles. The second kappa shape index (κ2) is 7.65. The number of hydrogen-bond donors (Lipinski definition) is 0. The molecule has 0 spiro atoms. The number of carbonyl (C=O) groups excluding carboxylic acids is 1. The first kappa shape index (κ1) is 17.9. The maximum absolute atomic E-state index is 13.2. The number of para-hydroxylation sites is 1. The number of aromatic nitrogens is 2. The summed E-state index contributed by atoms with van der Waals surface area (Å²) in [5, 5.41) is 9.50. The quantitative estimate of drug-likeness (QED) is 0.704. The van der Waals surface area contributed by atoms with Gasteiger partial charge in [-0.25, -0.2) is 4.98 Å². The molecule has 0 bridgehead atoms. The molecule has 1 aliphatic rings. The fourth-order valence-corrected chi connectivity index (χ4v) is 3.65. The maximum Gasteiger partial charge on any atom is 0.261 e. The highest BCUT2D eigenvalue weighted by atomic mass is 16.2. The van der Waals surface area contributed by atoms with Crippen molar-refractivity contribution in [2.45, 2.75) is 32.2 Å². The molecule has 4 rings (SSSR count). The van der Waals surface area contributed by atoms with Crippen molar-refractivity contribution in [3.63, 3.8) is 0 Å². The lowest BCUT2D eigenvalue weighted by Gasteiger charge is -2.22. The molecule has 28 heavy (non-hydrogen) atoms. The Balaban J connectivity index is 1.75. The largest absolute Gasteiger partial charge is 0.307 e. The van der Waals surface area contributed by atoms with Crippen molar-refractivity contribution < 1.29 is 4.79 Å². The van der Waals surface area contributed by atoms with Crippen molar-refractivity contribution in [3.05, 3.63) is 70.3 Å². The van der Waals surface area contributed by atoms with Crippen molar-refractivity contribution in [3.8, 4) is 6.07 Å². The summed E-state index contributed by atoms with van der Waals surface area (Å²) in [6, 6.07) is 16.4. The molecular formula is C22H20N4O2. The van der Waals surface area contributed by atoms with Crippen LogP contribution >= 0.6 is 0 Å². The molecule has 0 saturated heterocycles. The van der Waals surface area contributed by atoms with Gasteiger partial charge in [0, 0.05) is 30.8 Å². The lowest BCUT2D eigenvalue weighted by molar-refractivity contribution is 0.0987. The molecule has 0 unspecified atom stereocenters.